The lowest BCUT2D eigenvalue weighted by Gasteiger charge is -2.19. The first kappa shape index (κ1) is 83.7. The maximum Gasteiger partial charge on any atom is 0.472 e. The summed E-state index contributed by atoms with van der Waals surface area (Å²) >= 11 is 0. The van der Waals surface area contributed by atoms with Gasteiger partial charge in [0.05, 0.1) is 13.2 Å². The van der Waals surface area contributed by atoms with Crippen LogP contribution in [0.15, 0.2) is 109 Å². The van der Waals surface area contributed by atoms with Gasteiger partial charge in [-0.2, -0.15) is 0 Å². The maximum absolute atomic E-state index is 12.8. The van der Waals surface area contributed by atoms with Gasteiger partial charge >= 0.3 is 19.8 Å². The van der Waals surface area contributed by atoms with Crippen molar-refractivity contribution in [3.63, 3.8) is 0 Å². The minimum absolute atomic E-state index is 0.0516. The topological polar surface area (TPSA) is 134 Å². The highest BCUT2D eigenvalue weighted by Crippen LogP contribution is 2.43. The van der Waals surface area contributed by atoms with E-state index in [1.54, 1.807) is 0 Å². The number of carbonyl (C=O) groups is 2. The van der Waals surface area contributed by atoms with Crippen LogP contribution in [0.1, 0.15) is 335 Å². The molecule has 2 atom stereocenters. The van der Waals surface area contributed by atoms with Crippen molar-refractivity contribution in [3.05, 3.63) is 109 Å². The van der Waals surface area contributed by atoms with Gasteiger partial charge in [-0.25, -0.2) is 4.57 Å². The van der Waals surface area contributed by atoms with E-state index in [0.717, 1.165) is 89.9 Å². The predicted octanol–water partition coefficient (Wildman–Crippen LogP) is 24.1. The molecule has 2 unspecified atom stereocenters. The lowest BCUT2D eigenvalue weighted by Crippen LogP contribution is -2.29. The van der Waals surface area contributed by atoms with Crippen molar-refractivity contribution >= 4 is 19.8 Å². The Bertz CT molecular complexity index is 1800. The van der Waals surface area contributed by atoms with Crippen LogP contribution < -0.4 is 5.73 Å². The third-order valence-corrected chi connectivity index (χ3v) is 16.6. The number of hydrogen-bond acceptors (Lipinski definition) is 8. The summed E-state index contributed by atoms with van der Waals surface area (Å²) in [6.07, 6.45) is 99.2. The minimum atomic E-state index is -4.40. The Balaban J connectivity index is 3.79. The van der Waals surface area contributed by atoms with Crippen LogP contribution in [0.2, 0.25) is 0 Å². The normalized spacial score (nSPS) is 13.6. The Labute approximate surface area is 537 Å². The molecule has 0 aliphatic rings. The first-order valence-corrected chi connectivity index (χ1v) is 37.9. The second-order valence-corrected chi connectivity index (χ2v) is 25.5. The number of phosphoric ester groups is 1. The van der Waals surface area contributed by atoms with Gasteiger partial charge in [0, 0.05) is 19.4 Å². The molecule has 0 heterocycles. The molecule has 0 aromatic carbocycles. The lowest BCUT2D eigenvalue weighted by atomic mass is 10.0. The van der Waals surface area contributed by atoms with Crippen molar-refractivity contribution < 1.29 is 37.6 Å². The van der Waals surface area contributed by atoms with Crippen molar-refractivity contribution in [1.82, 2.24) is 0 Å². The van der Waals surface area contributed by atoms with Crippen molar-refractivity contribution in [1.29, 1.82) is 0 Å². The Morgan fingerprint density at radius 2 is 0.598 bits per heavy atom. The van der Waals surface area contributed by atoms with E-state index in [1.807, 2.05) is 0 Å². The van der Waals surface area contributed by atoms with Gasteiger partial charge in [0.1, 0.15) is 6.61 Å². The maximum atomic E-state index is 12.8. The standard InChI is InChI=1S/C77H136NO8P/c1-3-5-7-9-11-13-15-17-19-21-23-25-27-29-30-31-32-33-34-35-36-37-38-39-40-41-42-43-44-46-48-50-52-54-56-58-60-62-64-66-68-70-77(80)86-75(74-85-87(81,82)84-72-71-78)73-83-76(79)69-67-65-63-61-59-57-55-53-51-49-47-45-28-26-24-22-20-18-16-14-12-10-8-6-4-2/h5-8,11-14,17-20,23-26,29-30,75H,3-4,9-10,15-16,21-22,27-28,31-74,78H2,1-2H3,(H,81,82)/b7-5-,8-6-,13-11-,14-12-,19-17-,20-18-,25-23-,26-24-,30-29-. The highest BCUT2D eigenvalue weighted by atomic mass is 31.2. The summed E-state index contributed by atoms with van der Waals surface area (Å²) in [7, 11) is -4.40. The average Bonchev–Trinajstić information content (AvgIpc) is 3.65. The molecule has 0 aliphatic heterocycles. The third kappa shape index (κ3) is 71.6. The molecule has 0 fully saturated rings. The monoisotopic (exact) mass is 1230 g/mol. The molecule has 87 heavy (non-hydrogen) atoms. The van der Waals surface area contributed by atoms with E-state index in [4.69, 9.17) is 24.3 Å². The van der Waals surface area contributed by atoms with E-state index in [2.05, 4.69) is 123 Å². The smallest absolute Gasteiger partial charge is 0.462 e. The fraction of sp³-hybridized carbons (Fsp3) is 0.740. The van der Waals surface area contributed by atoms with Crippen molar-refractivity contribution in [3.8, 4) is 0 Å². The minimum Gasteiger partial charge on any atom is -0.462 e. The van der Waals surface area contributed by atoms with E-state index in [0.29, 0.717) is 6.42 Å². The van der Waals surface area contributed by atoms with Crippen molar-refractivity contribution in [2.24, 2.45) is 5.73 Å². The van der Waals surface area contributed by atoms with Crippen LogP contribution in [0.3, 0.4) is 0 Å². The molecule has 0 aliphatic carbocycles. The molecule has 9 nitrogen and oxygen atoms in total. The zero-order valence-electron chi connectivity index (χ0n) is 56.5. The van der Waals surface area contributed by atoms with Gasteiger partial charge in [-0.05, 0) is 96.3 Å². The number of carbonyl (C=O) groups excluding carboxylic acids is 2. The fourth-order valence-corrected chi connectivity index (χ4v) is 11.1. The molecular formula is C77H136NO8P. The first-order valence-electron chi connectivity index (χ1n) is 36.4. The Kier molecular flexibility index (Phi) is 69.0. The molecule has 0 aromatic rings. The molecule has 0 saturated heterocycles. The van der Waals surface area contributed by atoms with Gasteiger partial charge in [0.25, 0.3) is 0 Å². The molecule has 502 valence electrons. The van der Waals surface area contributed by atoms with Crippen molar-refractivity contribution in [2.45, 2.75) is 341 Å². The third-order valence-electron chi connectivity index (χ3n) is 15.7. The Morgan fingerprint density at radius 3 is 0.885 bits per heavy atom. The van der Waals surface area contributed by atoms with E-state index >= 15 is 0 Å². The van der Waals surface area contributed by atoms with Gasteiger partial charge < -0.3 is 20.1 Å². The fourth-order valence-electron chi connectivity index (χ4n) is 10.4. The molecule has 10 heteroatoms. The molecule has 0 bridgehead atoms. The van der Waals surface area contributed by atoms with E-state index in [9.17, 15) is 19.0 Å². The number of hydrogen-bond donors (Lipinski definition) is 2. The summed E-state index contributed by atoms with van der Waals surface area (Å²) in [4.78, 5) is 35.4. The predicted molar refractivity (Wildman–Crippen MR) is 376 cm³/mol. The summed E-state index contributed by atoms with van der Waals surface area (Å²) in [6, 6.07) is 0. The van der Waals surface area contributed by atoms with Crippen LogP contribution in [0.25, 0.3) is 0 Å². The van der Waals surface area contributed by atoms with E-state index < -0.39 is 26.5 Å². The van der Waals surface area contributed by atoms with Crippen LogP contribution in [-0.4, -0.2) is 49.3 Å². The number of allylic oxidation sites excluding steroid dienone is 18. The molecule has 3 N–H and O–H groups in total. The Hall–Kier alpha value is -3.33. The average molecular weight is 1230 g/mol. The van der Waals surface area contributed by atoms with Gasteiger partial charge in [-0.3, -0.25) is 18.6 Å². The van der Waals surface area contributed by atoms with Crippen LogP contribution in [0.4, 0.5) is 0 Å². The van der Waals surface area contributed by atoms with E-state index in [1.165, 1.54) is 212 Å². The van der Waals surface area contributed by atoms with Gasteiger partial charge in [0.15, 0.2) is 6.10 Å². The summed E-state index contributed by atoms with van der Waals surface area (Å²) in [5, 5.41) is 0. The van der Waals surface area contributed by atoms with Gasteiger partial charge in [-0.15, -0.1) is 0 Å². The molecule has 0 amide bonds. The Morgan fingerprint density at radius 1 is 0.345 bits per heavy atom. The van der Waals surface area contributed by atoms with Gasteiger partial charge in [0.2, 0.25) is 0 Å². The van der Waals surface area contributed by atoms with E-state index in [-0.39, 0.29) is 38.6 Å². The number of ether oxygens (including phenoxy) is 2. The zero-order valence-corrected chi connectivity index (χ0v) is 57.4. The molecule has 0 spiro atoms. The summed E-state index contributed by atoms with van der Waals surface area (Å²) in [5.41, 5.74) is 5.40. The second-order valence-electron chi connectivity index (χ2n) is 24.0. The molecule has 0 saturated carbocycles. The molecule has 0 radical (unpaired) electrons. The van der Waals surface area contributed by atoms with Gasteiger partial charge in [-0.1, -0.05) is 335 Å². The highest BCUT2D eigenvalue weighted by molar-refractivity contribution is 7.47. The number of nitrogens with two attached hydrogens (primary N) is 1. The lowest BCUT2D eigenvalue weighted by molar-refractivity contribution is -0.161. The number of rotatable bonds is 68. The van der Waals surface area contributed by atoms with Crippen molar-refractivity contribution in [2.75, 3.05) is 26.4 Å². The summed E-state index contributed by atoms with van der Waals surface area (Å²) < 4.78 is 33.2. The first-order chi connectivity index (χ1) is 42.8. The number of esters is 2. The molecule has 0 rings (SSSR count). The van der Waals surface area contributed by atoms with Crippen LogP contribution in [0.5, 0.6) is 0 Å². The largest absolute Gasteiger partial charge is 0.472 e. The molecular weight excluding hydrogens is 1100 g/mol. The second kappa shape index (κ2) is 71.7. The number of unbranched alkanes of at least 4 members (excludes halogenated alkanes) is 37. The van der Waals surface area contributed by atoms with Crippen LogP contribution in [-0.2, 0) is 32.7 Å². The highest BCUT2D eigenvalue weighted by Gasteiger charge is 2.26. The quantitative estimate of drug-likeness (QED) is 0.0264. The molecule has 0 aromatic heterocycles. The number of phosphoric acid groups is 1. The van der Waals surface area contributed by atoms with Crippen LogP contribution in [0, 0.1) is 0 Å². The summed E-state index contributed by atoms with van der Waals surface area (Å²) in [5.74, 6) is -0.819. The summed E-state index contributed by atoms with van der Waals surface area (Å²) in [6.45, 7) is 3.55. The SMILES string of the molecule is CC/C=C\C/C=C\C/C=C\C/C=C\C/C=C\CCCCCCCCCCCCCCCCCCCCCCCCCCCC(=O)OC(COC(=O)CCCCCCCCCCCCCC/C=C\C/C=C\C/C=C\C/C=C\CC)COP(=O)(O)OCCN. The zero-order chi connectivity index (χ0) is 63.0. The van der Waals surface area contributed by atoms with Crippen LogP contribution >= 0.6 is 7.82 Å².